The van der Waals surface area contributed by atoms with E-state index in [1.54, 1.807) is 0 Å². The lowest BCUT2D eigenvalue weighted by atomic mass is 9.79. The summed E-state index contributed by atoms with van der Waals surface area (Å²) >= 11 is 0. The summed E-state index contributed by atoms with van der Waals surface area (Å²) in [6.45, 7) is 8.56. The van der Waals surface area contributed by atoms with Crippen LogP contribution in [0.2, 0.25) is 0 Å². The molecule has 116 valence electrons. The number of rotatable bonds is 2. The van der Waals surface area contributed by atoms with E-state index in [4.69, 9.17) is 4.36 Å². The van der Waals surface area contributed by atoms with Gasteiger partial charge in [0.15, 0.2) is 0 Å². The number of nitrogens with zero attached hydrogens (tertiary/aromatic N) is 1. The molecule has 2 aromatic rings. The molecule has 0 spiro atoms. The van der Waals surface area contributed by atoms with E-state index >= 15 is 0 Å². The van der Waals surface area contributed by atoms with Crippen molar-refractivity contribution in [2.24, 2.45) is 4.36 Å². The molecule has 0 N–H and O–H groups in total. The first-order valence-electron chi connectivity index (χ1n) is 7.82. The monoisotopic (exact) mass is 313 g/mol. The van der Waals surface area contributed by atoms with E-state index in [1.807, 2.05) is 49.4 Å². The third-order valence-electron chi connectivity index (χ3n) is 4.75. The number of aryl methyl sites for hydroxylation is 1. The molecule has 2 atom stereocenters. The zero-order chi connectivity index (χ0) is 16.0. The van der Waals surface area contributed by atoms with Gasteiger partial charge in [0.2, 0.25) is 0 Å². The smallest absolute Gasteiger partial charge is 0.0838 e. The fourth-order valence-corrected chi connectivity index (χ4v) is 6.48. The van der Waals surface area contributed by atoms with Crippen molar-refractivity contribution in [3.05, 3.63) is 59.7 Å². The summed E-state index contributed by atoms with van der Waals surface area (Å²) in [4.78, 5) is 0.854. The summed E-state index contributed by atoms with van der Waals surface area (Å²) in [6.07, 6.45) is 0.845. The molecule has 0 saturated heterocycles. The summed E-state index contributed by atoms with van der Waals surface area (Å²) < 4.78 is 18.6. The fourth-order valence-electron chi connectivity index (χ4n) is 3.57. The molecule has 0 aliphatic carbocycles. The Balaban J connectivity index is 2.32. The van der Waals surface area contributed by atoms with Crippen LogP contribution in [0.1, 0.15) is 38.3 Å². The van der Waals surface area contributed by atoms with E-state index in [1.165, 1.54) is 11.1 Å². The zero-order valence-corrected chi connectivity index (χ0v) is 14.5. The Morgan fingerprint density at radius 1 is 1.09 bits per heavy atom. The van der Waals surface area contributed by atoms with E-state index in [0.29, 0.717) is 0 Å². The highest BCUT2D eigenvalue weighted by Crippen LogP contribution is 2.46. The predicted molar refractivity (Wildman–Crippen MR) is 93.2 cm³/mol. The Kier molecular flexibility index (Phi) is 3.64. The van der Waals surface area contributed by atoms with Crippen LogP contribution in [0.25, 0.3) is 0 Å². The molecule has 1 aliphatic heterocycles. The molecule has 0 aromatic heterocycles. The van der Waals surface area contributed by atoms with Crippen LogP contribution >= 0.6 is 0 Å². The summed E-state index contributed by atoms with van der Waals surface area (Å²) in [5, 5.41) is 0.0117. The second-order valence-corrected chi connectivity index (χ2v) is 8.97. The highest BCUT2D eigenvalue weighted by Gasteiger charge is 2.43. The normalized spacial score (nSPS) is 26.1. The average Bonchev–Trinajstić information content (AvgIpc) is 2.47. The van der Waals surface area contributed by atoms with Crippen LogP contribution in [0, 0.1) is 6.92 Å². The van der Waals surface area contributed by atoms with Crippen molar-refractivity contribution >= 4 is 15.4 Å². The molecule has 2 nitrogen and oxygen atoms in total. The fraction of sp³-hybridized carbons (Fsp3) is 0.368. The third kappa shape index (κ3) is 2.19. The minimum atomic E-state index is -2.47. The third-order valence-corrected chi connectivity index (χ3v) is 7.86. The Morgan fingerprint density at radius 3 is 2.36 bits per heavy atom. The number of benzene rings is 2. The van der Waals surface area contributed by atoms with Gasteiger partial charge in [-0.2, -0.15) is 4.36 Å². The van der Waals surface area contributed by atoms with Gasteiger partial charge in [0, 0.05) is 10.3 Å². The van der Waals surface area contributed by atoms with Crippen molar-refractivity contribution in [3.63, 3.8) is 0 Å². The highest BCUT2D eigenvalue weighted by molar-refractivity contribution is 7.94. The van der Waals surface area contributed by atoms with E-state index < -0.39 is 9.73 Å². The second-order valence-electron chi connectivity index (χ2n) is 6.61. The number of fused-ring (bicyclic) bond motifs is 1. The largest absolute Gasteiger partial charge is 0.244 e. The molecule has 0 bridgehead atoms. The summed E-state index contributed by atoms with van der Waals surface area (Å²) in [7, 11) is -2.47. The van der Waals surface area contributed by atoms with Crippen molar-refractivity contribution < 1.29 is 4.21 Å². The minimum Gasteiger partial charge on any atom is -0.244 e. The topological polar surface area (TPSA) is 29.4 Å². The lowest BCUT2D eigenvalue weighted by Crippen LogP contribution is -2.41. The molecule has 3 rings (SSSR count). The van der Waals surface area contributed by atoms with Crippen LogP contribution in [0.3, 0.4) is 0 Å². The molecule has 0 saturated carbocycles. The van der Waals surface area contributed by atoms with Gasteiger partial charge in [0.25, 0.3) is 0 Å². The maximum Gasteiger partial charge on any atom is 0.0838 e. The Hall–Kier alpha value is -1.61. The van der Waals surface area contributed by atoms with Crippen LogP contribution in [0.5, 0.6) is 0 Å². The maximum absolute atomic E-state index is 13.9. The molecule has 0 radical (unpaired) electrons. The van der Waals surface area contributed by atoms with Gasteiger partial charge in [0.1, 0.15) is 0 Å². The number of hydrogen-bond donors (Lipinski definition) is 0. The standard InChI is InChI=1S/C19H23NOS/c1-5-18-19(3,4)16-8-6-7-9-17(16)20-22(18,21)15-12-10-14(2)11-13-15/h6-13,18H,5H2,1-4H3/t18-,22?/m1/s1. The lowest BCUT2D eigenvalue weighted by molar-refractivity contribution is 0.469. The molecule has 1 heterocycles. The second kappa shape index (κ2) is 5.24. The molecule has 1 aliphatic rings. The van der Waals surface area contributed by atoms with Crippen LogP contribution < -0.4 is 0 Å². The molecule has 2 aromatic carbocycles. The van der Waals surface area contributed by atoms with Crippen molar-refractivity contribution in [2.75, 3.05) is 0 Å². The summed E-state index contributed by atoms with van der Waals surface area (Å²) in [5.74, 6) is 0. The quantitative estimate of drug-likeness (QED) is 0.747. The van der Waals surface area contributed by atoms with Crippen molar-refractivity contribution in [2.45, 2.75) is 49.7 Å². The van der Waals surface area contributed by atoms with E-state index in [0.717, 1.165) is 17.0 Å². The van der Waals surface area contributed by atoms with Gasteiger partial charge in [-0.05, 0) is 37.1 Å². The average molecular weight is 313 g/mol. The minimum absolute atomic E-state index is 0.0117. The lowest BCUT2D eigenvalue weighted by Gasteiger charge is -2.40. The van der Waals surface area contributed by atoms with Gasteiger partial charge in [-0.3, -0.25) is 0 Å². The summed E-state index contributed by atoms with van der Waals surface area (Å²) in [6, 6.07) is 16.1. The van der Waals surface area contributed by atoms with Crippen molar-refractivity contribution in [1.29, 1.82) is 0 Å². The Morgan fingerprint density at radius 2 is 1.73 bits per heavy atom. The van der Waals surface area contributed by atoms with Crippen molar-refractivity contribution in [3.8, 4) is 0 Å². The molecule has 0 amide bonds. The predicted octanol–water partition coefficient (Wildman–Crippen LogP) is 5.22. The molecular formula is C19H23NOS. The molecule has 1 unspecified atom stereocenters. The van der Waals surface area contributed by atoms with Gasteiger partial charge < -0.3 is 0 Å². The first-order chi connectivity index (χ1) is 10.4. The summed E-state index contributed by atoms with van der Waals surface area (Å²) in [5.41, 5.74) is 3.10. The van der Waals surface area contributed by atoms with Crippen LogP contribution in [-0.2, 0) is 15.1 Å². The van der Waals surface area contributed by atoms with Crippen LogP contribution in [-0.4, -0.2) is 9.46 Å². The Labute approximate surface area is 133 Å². The SMILES string of the molecule is CC[C@@H]1C(C)(C)c2ccccc2N=S1(=O)c1ccc(C)cc1. The van der Waals surface area contributed by atoms with Crippen molar-refractivity contribution in [1.82, 2.24) is 0 Å². The van der Waals surface area contributed by atoms with Crippen LogP contribution in [0.15, 0.2) is 57.8 Å². The van der Waals surface area contributed by atoms with Gasteiger partial charge in [-0.25, -0.2) is 4.21 Å². The Bertz CT molecular complexity index is 812. The van der Waals surface area contributed by atoms with Crippen LogP contribution in [0.4, 0.5) is 5.69 Å². The van der Waals surface area contributed by atoms with E-state index in [9.17, 15) is 4.21 Å². The molecule has 22 heavy (non-hydrogen) atoms. The maximum atomic E-state index is 13.9. The van der Waals surface area contributed by atoms with Gasteiger partial charge in [-0.1, -0.05) is 56.7 Å². The first-order valence-corrected chi connectivity index (χ1v) is 9.39. The molecule has 0 fully saturated rings. The molecule has 3 heteroatoms. The van der Waals surface area contributed by atoms with E-state index in [-0.39, 0.29) is 10.7 Å². The first kappa shape index (κ1) is 15.3. The number of hydrogen-bond acceptors (Lipinski definition) is 2. The van der Waals surface area contributed by atoms with E-state index in [2.05, 4.69) is 26.8 Å². The molecular weight excluding hydrogens is 290 g/mol. The van der Waals surface area contributed by atoms with Gasteiger partial charge >= 0.3 is 0 Å². The van der Waals surface area contributed by atoms with Gasteiger partial charge in [0.05, 0.1) is 20.7 Å². The zero-order valence-electron chi connectivity index (χ0n) is 13.7. The van der Waals surface area contributed by atoms with Gasteiger partial charge in [-0.15, -0.1) is 0 Å². The highest BCUT2D eigenvalue weighted by atomic mass is 32.2.